The highest BCUT2D eigenvalue weighted by Gasteiger charge is 2.29. The highest BCUT2D eigenvalue weighted by molar-refractivity contribution is 5.68. The van der Waals surface area contributed by atoms with Crippen molar-refractivity contribution in [3.63, 3.8) is 0 Å². The number of carbonyl (C=O) groups is 2. The van der Waals surface area contributed by atoms with Crippen LogP contribution in [0.3, 0.4) is 0 Å². The summed E-state index contributed by atoms with van der Waals surface area (Å²) in [6.45, 7) is 2.84. The molecule has 0 spiro atoms. The molecule has 2 unspecified atom stereocenters. The number of nitrogens with zero attached hydrogens (tertiary/aromatic N) is 1. The molecule has 1 aliphatic heterocycles. The molecule has 0 aliphatic carbocycles. The molecule has 4 heteroatoms. The van der Waals surface area contributed by atoms with Crippen LogP contribution >= 0.6 is 0 Å². The number of rotatable bonds is 3. The van der Waals surface area contributed by atoms with Gasteiger partial charge in [0.05, 0.1) is 0 Å². The molecule has 2 rings (SSSR count). The second-order valence-corrected chi connectivity index (χ2v) is 5.00. The Hall–Kier alpha value is -1.84. The van der Waals surface area contributed by atoms with Crippen molar-refractivity contribution < 1.29 is 14.3 Å². The van der Waals surface area contributed by atoms with Crippen molar-refractivity contribution in [2.75, 3.05) is 6.54 Å². The van der Waals surface area contributed by atoms with Crippen LogP contribution in [0.15, 0.2) is 30.3 Å². The number of likely N-dealkylation sites (tertiary alicyclic amines) is 1. The maximum absolute atomic E-state index is 12.0. The minimum atomic E-state index is -0.291. The Labute approximate surface area is 113 Å². The maximum atomic E-state index is 12.0. The fourth-order valence-electron chi connectivity index (χ4n) is 2.41. The van der Waals surface area contributed by atoms with Gasteiger partial charge in [0.1, 0.15) is 12.9 Å². The Bertz CT molecular complexity index is 432. The van der Waals surface area contributed by atoms with Gasteiger partial charge in [0.25, 0.3) is 0 Å². The van der Waals surface area contributed by atoms with Gasteiger partial charge in [0.2, 0.25) is 0 Å². The Balaban J connectivity index is 1.85. The van der Waals surface area contributed by atoms with Crippen molar-refractivity contribution in [1.29, 1.82) is 0 Å². The second kappa shape index (κ2) is 6.36. The van der Waals surface area contributed by atoms with Gasteiger partial charge in [0.15, 0.2) is 0 Å². The number of carbonyl (C=O) groups excluding carboxylic acids is 2. The number of ether oxygens (including phenoxy) is 1. The highest BCUT2D eigenvalue weighted by atomic mass is 16.6. The number of benzene rings is 1. The van der Waals surface area contributed by atoms with Crippen LogP contribution in [0.5, 0.6) is 0 Å². The van der Waals surface area contributed by atoms with Gasteiger partial charge in [-0.15, -0.1) is 0 Å². The molecule has 2 atom stereocenters. The average molecular weight is 261 g/mol. The van der Waals surface area contributed by atoms with Crippen LogP contribution < -0.4 is 0 Å². The molecular formula is C15H19NO3. The third-order valence-electron chi connectivity index (χ3n) is 3.55. The van der Waals surface area contributed by atoms with E-state index in [0.717, 1.165) is 24.7 Å². The molecule has 1 fully saturated rings. The number of hydrogen-bond donors (Lipinski definition) is 0. The fourth-order valence-corrected chi connectivity index (χ4v) is 2.41. The van der Waals surface area contributed by atoms with E-state index < -0.39 is 0 Å². The van der Waals surface area contributed by atoms with Gasteiger partial charge in [-0.2, -0.15) is 0 Å². The predicted octanol–water partition coefficient (Wildman–Crippen LogP) is 2.62. The monoisotopic (exact) mass is 261 g/mol. The first-order valence-electron chi connectivity index (χ1n) is 6.63. The van der Waals surface area contributed by atoms with E-state index in [1.165, 1.54) is 0 Å². The zero-order valence-corrected chi connectivity index (χ0v) is 11.1. The molecular weight excluding hydrogens is 242 g/mol. The zero-order chi connectivity index (χ0) is 13.7. The third kappa shape index (κ3) is 3.56. The van der Waals surface area contributed by atoms with Crippen molar-refractivity contribution in [3.05, 3.63) is 35.9 Å². The predicted molar refractivity (Wildman–Crippen MR) is 71.6 cm³/mol. The smallest absolute Gasteiger partial charge is 0.410 e. The molecule has 0 bridgehead atoms. The molecule has 1 heterocycles. The molecule has 0 saturated carbocycles. The summed E-state index contributed by atoms with van der Waals surface area (Å²) < 4.78 is 5.31. The van der Waals surface area contributed by atoms with E-state index in [2.05, 4.69) is 0 Å². The van der Waals surface area contributed by atoms with E-state index in [1.807, 2.05) is 37.3 Å². The van der Waals surface area contributed by atoms with Crippen LogP contribution in [0, 0.1) is 5.92 Å². The molecule has 1 amide bonds. The summed E-state index contributed by atoms with van der Waals surface area (Å²) in [6.07, 6.45) is 2.15. The molecule has 0 radical (unpaired) electrons. The summed E-state index contributed by atoms with van der Waals surface area (Å²) in [5.74, 6) is 0.0770. The summed E-state index contributed by atoms with van der Waals surface area (Å²) in [4.78, 5) is 24.5. The summed E-state index contributed by atoms with van der Waals surface area (Å²) in [5, 5.41) is 0. The Kier molecular flexibility index (Phi) is 4.55. The molecule has 1 saturated heterocycles. The summed E-state index contributed by atoms with van der Waals surface area (Å²) in [7, 11) is 0. The summed E-state index contributed by atoms with van der Waals surface area (Å²) in [5.41, 5.74) is 0.978. The number of hydrogen-bond acceptors (Lipinski definition) is 3. The first-order valence-corrected chi connectivity index (χ1v) is 6.63. The number of amides is 1. The van der Waals surface area contributed by atoms with E-state index in [9.17, 15) is 9.59 Å². The Morgan fingerprint density at radius 1 is 1.42 bits per heavy atom. The summed E-state index contributed by atoms with van der Waals surface area (Å²) in [6, 6.07) is 9.68. The van der Waals surface area contributed by atoms with Crippen molar-refractivity contribution in [2.45, 2.75) is 32.4 Å². The van der Waals surface area contributed by atoms with Gasteiger partial charge in [-0.25, -0.2) is 4.79 Å². The van der Waals surface area contributed by atoms with E-state index in [-0.39, 0.29) is 18.1 Å². The minimum absolute atomic E-state index is 0.0622. The Morgan fingerprint density at radius 3 is 2.79 bits per heavy atom. The highest BCUT2D eigenvalue weighted by Crippen LogP contribution is 2.22. The largest absolute Gasteiger partial charge is 0.445 e. The van der Waals surface area contributed by atoms with Crippen molar-refractivity contribution in [1.82, 2.24) is 4.90 Å². The van der Waals surface area contributed by atoms with E-state index in [1.54, 1.807) is 4.90 Å². The average Bonchev–Trinajstić information content (AvgIpc) is 2.45. The quantitative estimate of drug-likeness (QED) is 0.786. The first-order chi connectivity index (χ1) is 9.20. The van der Waals surface area contributed by atoms with E-state index >= 15 is 0 Å². The van der Waals surface area contributed by atoms with Crippen LogP contribution in [0.1, 0.15) is 25.3 Å². The molecule has 1 aliphatic rings. The molecule has 1 aromatic rings. The second-order valence-electron chi connectivity index (χ2n) is 5.00. The van der Waals surface area contributed by atoms with Crippen LogP contribution in [-0.2, 0) is 16.1 Å². The zero-order valence-electron chi connectivity index (χ0n) is 11.1. The lowest BCUT2D eigenvalue weighted by Crippen LogP contribution is -2.45. The lowest BCUT2D eigenvalue weighted by Gasteiger charge is -2.35. The lowest BCUT2D eigenvalue weighted by molar-refractivity contribution is -0.112. The standard InChI is InChI=1S/C15H19NO3/c1-12-9-14(10-17)7-8-16(12)15(18)19-11-13-5-3-2-4-6-13/h2-6,10,12,14H,7-9,11H2,1H3. The van der Waals surface area contributed by atoms with Gasteiger partial charge in [0, 0.05) is 18.5 Å². The Morgan fingerprint density at radius 2 is 2.16 bits per heavy atom. The normalized spacial score (nSPS) is 22.9. The third-order valence-corrected chi connectivity index (χ3v) is 3.55. The molecule has 102 valence electrons. The van der Waals surface area contributed by atoms with Gasteiger partial charge in [-0.1, -0.05) is 30.3 Å². The van der Waals surface area contributed by atoms with Crippen molar-refractivity contribution in [2.24, 2.45) is 5.92 Å². The van der Waals surface area contributed by atoms with E-state index in [0.29, 0.717) is 13.2 Å². The molecule has 0 aromatic heterocycles. The van der Waals surface area contributed by atoms with Gasteiger partial charge < -0.3 is 14.4 Å². The van der Waals surface area contributed by atoms with Crippen LogP contribution in [0.2, 0.25) is 0 Å². The molecule has 4 nitrogen and oxygen atoms in total. The number of aldehydes is 1. The van der Waals surface area contributed by atoms with Crippen LogP contribution in [0.4, 0.5) is 4.79 Å². The SMILES string of the molecule is CC1CC(C=O)CCN1C(=O)OCc1ccccc1. The van der Waals surface area contributed by atoms with E-state index in [4.69, 9.17) is 4.74 Å². The lowest BCUT2D eigenvalue weighted by atomic mass is 9.93. The van der Waals surface area contributed by atoms with Gasteiger partial charge in [-0.3, -0.25) is 0 Å². The van der Waals surface area contributed by atoms with Gasteiger partial charge in [-0.05, 0) is 25.3 Å². The topological polar surface area (TPSA) is 46.6 Å². The number of piperidine rings is 1. The molecule has 1 aromatic carbocycles. The minimum Gasteiger partial charge on any atom is -0.445 e. The van der Waals surface area contributed by atoms with Crippen LogP contribution in [0.25, 0.3) is 0 Å². The fraction of sp³-hybridized carbons (Fsp3) is 0.467. The van der Waals surface area contributed by atoms with Crippen molar-refractivity contribution in [3.8, 4) is 0 Å². The maximum Gasteiger partial charge on any atom is 0.410 e. The van der Waals surface area contributed by atoms with Crippen LogP contribution in [-0.4, -0.2) is 29.9 Å². The van der Waals surface area contributed by atoms with Crippen molar-refractivity contribution >= 4 is 12.4 Å². The van der Waals surface area contributed by atoms with Gasteiger partial charge >= 0.3 is 6.09 Å². The molecule has 0 N–H and O–H groups in total. The first kappa shape index (κ1) is 13.6. The summed E-state index contributed by atoms with van der Waals surface area (Å²) >= 11 is 0. The molecule has 19 heavy (non-hydrogen) atoms.